The molecule has 6 nitrogen and oxygen atoms in total. The van der Waals surface area contributed by atoms with E-state index in [9.17, 15) is 9.18 Å². The third-order valence-corrected chi connectivity index (χ3v) is 4.84. The lowest BCUT2D eigenvalue weighted by Crippen LogP contribution is -2.14. The minimum Gasteiger partial charge on any atom is -0.491 e. The molecule has 2 aromatic carbocycles. The van der Waals surface area contributed by atoms with E-state index < -0.39 is 9.61 Å². The van der Waals surface area contributed by atoms with E-state index in [0.717, 1.165) is 0 Å². The number of aliphatic imine (C=N–C) groups is 1. The van der Waals surface area contributed by atoms with Gasteiger partial charge in [-0.15, -0.1) is 0 Å². The van der Waals surface area contributed by atoms with E-state index in [1.807, 2.05) is 0 Å². The fourth-order valence-electron chi connectivity index (χ4n) is 2.79. The normalized spacial score (nSPS) is 11.5. The van der Waals surface area contributed by atoms with Gasteiger partial charge in [0.2, 0.25) is 5.91 Å². The summed E-state index contributed by atoms with van der Waals surface area (Å²) in [4.78, 5) is 16.2. The molecule has 0 saturated carbocycles. The Morgan fingerprint density at radius 2 is 1.79 bits per heavy atom. The summed E-state index contributed by atoms with van der Waals surface area (Å²) in [7, 11) is 1.56. The van der Waals surface area contributed by atoms with Crippen LogP contribution in [0.4, 0.5) is 21.5 Å². The summed E-state index contributed by atoms with van der Waals surface area (Å²) >= 11 is 17.0. The number of hydrogen-bond acceptors (Lipinski definition) is 5. The highest BCUT2D eigenvalue weighted by Gasteiger charge is 2.21. The maximum Gasteiger partial charge on any atom is 0.224 e. The summed E-state index contributed by atoms with van der Waals surface area (Å²) in [6.07, 6.45) is 1.73. The van der Waals surface area contributed by atoms with Crippen molar-refractivity contribution in [1.29, 1.82) is 0 Å². The standard InChI is InChI=1S/C23H25Cl3FN3O3/c1-4-28-20-14-18(33-12-11-32-3)13-19(27)22(20)15(2)29-16-5-7-17(8-6-16)30-21(31)9-10-23(24,25)26/h4-8,13-14,29H,2,9-12H2,1,3H3,(H,30,31)/b28-4-. The van der Waals surface area contributed by atoms with E-state index in [1.165, 1.54) is 6.07 Å². The summed E-state index contributed by atoms with van der Waals surface area (Å²) in [5.41, 5.74) is 2.12. The number of methoxy groups -OCH3 is 1. The van der Waals surface area contributed by atoms with Gasteiger partial charge in [0.25, 0.3) is 0 Å². The zero-order valence-electron chi connectivity index (χ0n) is 18.3. The van der Waals surface area contributed by atoms with Crippen molar-refractivity contribution in [2.24, 2.45) is 4.99 Å². The van der Waals surface area contributed by atoms with Gasteiger partial charge < -0.3 is 20.1 Å². The first-order valence-electron chi connectivity index (χ1n) is 10.00. The van der Waals surface area contributed by atoms with Crippen molar-refractivity contribution in [3.8, 4) is 5.75 Å². The van der Waals surface area contributed by atoms with Gasteiger partial charge in [0, 0.05) is 55.4 Å². The fraction of sp³-hybridized carbons (Fsp3) is 0.304. The van der Waals surface area contributed by atoms with Crippen molar-refractivity contribution >= 4 is 69.7 Å². The molecular formula is C23H25Cl3FN3O3. The highest BCUT2D eigenvalue weighted by atomic mass is 35.6. The third-order valence-electron chi connectivity index (χ3n) is 4.27. The molecule has 0 fully saturated rings. The highest BCUT2D eigenvalue weighted by molar-refractivity contribution is 6.67. The molecule has 0 radical (unpaired) electrons. The second kappa shape index (κ2) is 12.8. The molecule has 2 aromatic rings. The molecule has 33 heavy (non-hydrogen) atoms. The molecule has 0 atom stereocenters. The SMILES string of the molecule is C=C(Nc1ccc(NC(=O)CCC(Cl)(Cl)Cl)cc1)c1c(F)cc(OCCOC)cc1/N=C\C. The number of nitrogens with zero attached hydrogens (tertiary/aromatic N) is 1. The van der Waals surface area contributed by atoms with E-state index in [2.05, 4.69) is 22.2 Å². The van der Waals surface area contributed by atoms with Gasteiger partial charge in [-0.05, 0) is 31.2 Å². The van der Waals surface area contributed by atoms with Crippen LogP contribution in [-0.4, -0.2) is 36.2 Å². The first-order valence-corrected chi connectivity index (χ1v) is 11.1. The van der Waals surface area contributed by atoms with Gasteiger partial charge >= 0.3 is 0 Å². The highest BCUT2D eigenvalue weighted by Crippen LogP contribution is 2.34. The van der Waals surface area contributed by atoms with E-state index in [4.69, 9.17) is 44.3 Å². The molecule has 0 aliphatic carbocycles. The lowest BCUT2D eigenvalue weighted by atomic mass is 10.1. The molecule has 0 aromatic heterocycles. The first kappa shape index (κ1) is 26.9. The number of rotatable bonds is 11. The number of ether oxygens (including phenoxy) is 2. The minimum absolute atomic E-state index is 0.0679. The number of halogens is 4. The molecule has 0 aliphatic heterocycles. The van der Waals surface area contributed by atoms with Gasteiger partial charge in [0.05, 0.1) is 17.9 Å². The Hall–Kier alpha value is -2.32. The largest absolute Gasteiger partial charge is 0.491 e. The summed E-state index contributed by atoms with van der Waals surface area (Å²) < 4.78 is 23.9. The Balaban J connectivity index is 2.09. The molecule has 2 N–H and O–H groups in total. The van der Waals surface area contributed by atoms with Crippen LogP contribution in [0.15, 0.2) is 48.0 Å². The quantitative estimate of drug-likeness (QED) is 0.197. The van der Waals surface area contributed by atoms with E-state index in [0.29, 0.717) is 35.1 Å². The van der Waals surface area contributed by atoms with Crippen molar-refractivity contribution in [2.75, 3.05) is 31.0 Å². The van der Waals surface area contributed by atoms with Crippen LogP contribution in [0.25, 0.3) is 5.70 Å². The zero-order valence-corrected chi connectivity index (χ0v) is 20.5. The van der Waals surface area contributed by atoms with Crippen LogP contribution in [0, 0.1) is 5.82 Å². The van der Waals surface area contributed by atoms with Crippen molar-refractivity contribution in [1.82, 2.24) is 0 Å². The van der Waals surface area contributed by atoms with Crippen LogP contribution in [0.3, 0.4) is 0 Å². The first-order chi connectivity index (χ1) is 15.6. The number of amides is 1. The monoisotopic (exact) mass is 515 g/mol. The lowest BCUT2D eigenvalue weighted by Gasteiger charge is -2.15. The number of alkyl halides is 3. The predicted octanol–water partition coefficient (Wildman–Crippen LogP) is 6.74. The van der Waals surface area contributed by atoms with Crippen molar-refractivity contribution in [2.45, 2.75) is 23.6 Å². The molecular weight excluding hydrogens is 492 g/mol. The third kappa shape index (κ3) is 9.21. The average Bonchev–Trinajstić information content (AvgIpc) is 2.73. The van der Waals surface area contributed by atoms with Crippen LogP contribution in [0.5, 0.6) is 5.75 Å². The van der Waals surface area contributed by atoms with Gasteiger partial charge in [-0.1, -0.05) is 41.4 Å². The predicted molar refractivity (Wildman–Crippen MR) is 135 cm³/mol. The minimum atomic E-state index is -1.48. The molecule has 2 rings (SSSR count). The van der Waals surface area contributed by atoms with Gasteiger partial charge in [-0.2, -0.15) is 0 Å². The maximum atomic E-state index is 14.9. The second-order valence-electron chi connectivity index (χ2n) is 6.87. The maximum absolute atomic E-state index is 14.9. The molecule has 0 unspecified atom stereocenters. The van der Waals surface area contributed by atoms with Crippen LogP contribution < -0.4 is 15.4 Å². The molecule has 10 heteroatoms. The van der Waals surface area contributed by atoms with Crippen molar-refractivity contribution in [3.63, 3.8) is 0 Å². The van der Waals surface area contributed by atoms with E-state index in [-0.39, 0.29) is 30.9 Å². The van der Waals surface area contributed by atoms with Gasteiger partial charge in [-0.25, -0.2) is 4.39 Å². The molecule has 178 valence electrons. The number of benzene rings is 2. The van der Waals surface area contributed by atoms with Crippen LogP contribution in [0.1, 0.15) is 25.3 Å². The van der Waals surface area contributed by atoms with Crippen LogP contribution in [-0.2, 0) is 9.53 Å². The van der Waals surface area contributed by atoms with Gasteiger partial charge in [0.1, 0.15) is 18.2 Å². The Kier molecular flexibility index (Phi) is 10.4. The summed E-state index contributed by atoms with van der Waals surface area (Å²) in [5.74, 6) is -0.458. The molecule has 0 spiro atoms. The Morgan fingerprint density at radius 3 is 2.36 bits per heavy atom. The molecule has 0 heterocycles. The summed E-state index contributed by atoms with van der Waals surface area (Å²) in [6, 6.07) is 9.74. The Bertz CT molecular complexity index is 993. The molecule has 0 aliphatic rings. The van der Waals surface area contributed by atoms with E-state index in [1.54, 1.807) is 50.6 Å². The summed E-state index contributed by atoms with van der Waals surface area (Å²) in [6.45, 7) is 6.36. The Labute approximate surface area is 207 Å². The number of anilines is 2. The van der Waals surface area contributed by atoms with Crippen LogP contribution >= 0.6 is 34.8 Å². The number of hydrogen-bond donors (Lipinski definition) is 2. The zero-order chi connectivity index (χ0) is 24.4. The topological polar surface area (TPSA) is 72.0 Å². The Morgan fingerprint density at radius 1 is 1.15 bits per heavy atom. The van der Waals surface area contributed by atoms with Crippen molar-refractivity contribution in [3.05, 3.63) is 54.4 Å². The van der Waals surface area contributed by atoms with Crippen molar-refractivity contribution < 1.29 is 18.7 Å². The average molecular weight is 517 g/mol. The second-order valence-corrected chi connectivity index (χ2v) is 9.39. The molecule has 0 bridgehead atoms. The summed E-state index contributed by atoms with van der Waals surface area (Å²) in [5, 5.41) is 5.78. The van der Waals surface area contributed by atoms with Crippen LogP contribution in [0.2, 0.25) is 0 Å². The number of carbonyl (C=O) groups is 1. The lowest BCUT2D eigenvalue weighted by molar-refractivity contribution is -0.116. The number of carbonyl (C=O) groups excluding carboxylic acids is 1. The van der Waals surface area contributed by atoms with Gasteiger partial charge in [0.15, 0.2) is 3.79 Å². The molecule has 0 saturated heterocycles. The van der Waals surface area contributed by atoms with Gasteiger partial charge in [-0.3, -0.25) is 9.79 Å². The smallest absolute Gasteiger partial charge is 0.224 e. The molecule has 1 amide bonds. The fourth-order valence-corrected chi connectivity index (χ4v) is 3.07. The number of nitrogens with one attached hydrogen (secondary N) is 2. The van der Waals surface area contributed by atoms with E-state index >= 15 is 0 Å².